The van der Waals surface area contributed by atoms with Crippen molar-refractivity contribution >= 4 is 22.5 Å². The topological polar surface area (TPSA) is 118 Å². The van der Waals surface area contributed by atoms with Crippen molar-refractivity contribution in [3.05, 3.63) is 85.0 Å². The molecule has 29 heavy (non-hydrogen) atoms. The first kappa shape index (κ1) is 20.0. The molecule has 1 amide bonds. The predicted molar refractivity (Wildman–Crippen MR) is 108 cm³/mol. The van der Waals surface area contributed by atoms with E-state index >= 15 is 0 Å². The number of hydrogen-bond acceptors (Lipinski definition) is 5. The molecule has 150 valence electrons. The third kappa shape index (κ3) is 4.08. The van der Waals surface area contributed by atoms with E-state index in [2.05, 4.69) is 4.98 Å². The number of fused-ring (bicyclic) bond motifs is 1. The van der Waals surface area contributed by atoms with Gasteiger partial charge < -0.3 is 4.90 Å². The number of benzene rings is 2. The van der Waals surface area contributed by atoms with Crippen molar-refractivity contribution in [3.63, 3.8) is 0 Å². The van der Waals surface area contributed by atoms with Crippen LogP contribution in [-0.4, -0.2) is 32.3 Å². The number of nitrogens with one attached hydrogen (secondary N) is 1. The lowest BCUT2D eigenvalue weighted by molar-refractivity contribution is -0.384. The number of aromatic nitrogens is 2. The zero-order chi connectivity index (χ0) is 21.1. The van der Waals surface area contributed by atoms with Crippen LogP contribution in [0.1, 0.15) is 24.9 Å². The van der Waals surface area contributed by atoms with Gasteiger partial charge in [-0.15, -0.1) is 0 Å². The Morgan fingerprint density at radius 3 is 2.66 bits per heavy atom. The summed E-state index contributed by atoms with van der Waals surface area (Å²) < 4.78 is 1.36. The molecule has 0 radical (unpaired) electrons. The molecule has 0 unspecified atom stereocenters. The molecule has 1 atom stereocenters. The van der Waals surface area contributed by atoms with Gasteiger partial charge in [-0.2, -0.15) is 0 Å². The summed E-state index contributed by atoms with van der Waals surface area (Å²) in [6, 6.07) is 12.4. The van der Waals surface area contributed by atoms with E-state index in [1.807, 2.05) is 0 Å². The minimum absolute atomic E-state index is 0.0334. The predicted octanol–water partition coefficient (Wildman–Crippen LogP) is 2.21. The second kappa shape index (κ2) is 8.09. The van der Waals surface area contributed by atoms with Crippen LogP contribution in [0.4, 0.5) is 5.69 Å². The quantitative estimate of drug-likeness (QED) is 0.506. The maximum Gasteiger partial charge on any atom is 0.328 e. The summed E-state index contributed by atoms with van der Waals surface area (Å²) in [7, 11) is 1.61. The Kier molecular flexibility index (Phi) is 5.58. The van der Waals surface area contributed by atoms with Gasteiger partial charge in [0, 0.05) is 32.1 Å². The van der Waals surface area contributed by atoms with Crippen LogP contribution in [0.15, 0.2) is 58.1 Å². The van der Waals surface area contributed by atoms with Crippen molar-refractivity contribution in [1.82, 2.24) is 14.5 Å². The Bertz CT molecular complexity index is 1200. The SMILES string of the molecule is C[C@@H](c1cccc([N+](=O)[O-])c1)N(C)C(=O)CCn1c(=O)[nH]c(=O)c2ccccc21. The minimum atomic E-state index is -0.573. The molecule has 0 spiro atoms. The number of nitrogens with zero attached hydrogens (tertiary/aromatic N) is 3. The first-order valence-corrected chi connectivity index (χ1v) is 9.01. The van der Waals surface area contributed by atoms with E-state index in [0.717, 1.165) is 0 Å². The van der Waals surface area contributed by atoms with Gasteiger partial charge in [-0.05, 0) is 24.6 Å². The van der Waals surface area contributed by atoms with E-state index in [-0.39, 0.29) is 30.6 Å². The van der Waals surface area contributed by atoms with Crippen LogP contribution in [0.5, 0.6) is 0 Å². The molecule has 1 N–H and O–H groups in total. The monoisotopic (exact) mass is 396 g/mol. The third-order valence-electron chi connectivity index (χ3n) is 4.99. The number of carbonyl (C=O) groups excluding carboxylic acids is 1. The highest BCUT2D eigenvalue weighted by atomic mass is 16.6. The summed E-state index contributed by atoms with van der Waals surface area (Å²) in [5.74, 6) is -0.230. The number of nitro groups is 1. The smallest absolute Gasteiger partial charge is 0.328 e. The molecule has 3 rings (SSSR count). The fourth-order valence-electron chi connectivity index (χ4n) is 3.19. The summed E-state index contributed by atoms with van der Waals surface area (Å²) in [5.41, 5.74) is 0.0204. The molecule has 0 bridgehead atoms. The molecule has 3 aromatic rings. The van der Waals surface area contributed by atoms with Gasteiger partial charge in [0.2, 0.25) is 5.91 Å². The number of nitro benzene ring substituents is 1. The molecule has 0 aliphatic heterocycles. The van der Waals surface area contributed by atoms with Crippen molar-refractivity contribution in [2.24, 2.45) is 0 Å². The van der Waals surface area contributed by atoms with Crippen molar-refractivity contribution in [3.8, 4) is 0 Å². The zero-order valence-electron chi connectivity index (χ0n) is 16.0. The van der Waals surface area contributed by atoms with E-state index in [0.29, 0.717) is 16.5 Å². The van der Waals surface area contributed by atoms with Gasteiger partial charge >= 0.3 is 5.69 Å². The van der Waals surface area contributed by atoms with E-state index in [1.54, 1.807) is 50.4 Å². The van der Waals surface area contributed by atoms with Gasteiger partial charge in [-0.25, -0.2) is 4.79 Å². The lowest BCUT2D eigenvalue weighted by Crippen LogP contribution is -2.34. The average molecular weight is 396 g/mol. The van der Waals surface area contributed by atoms with E-state index < -0.39 is 16.2 Å². The number of aryl methyl sites for hydroxylation is 1. The summed E-state index contributed by atoms with van der Waals surface area (Å²) >= 11 is 0. The van der Waals surface area contributed by atoms with Gasteiger partial charge in [0.05, 0.1) is 21.9 Å². The average Bonchev–Trinajstić information content (AvgIpc) is 2.72. The van der Waals surface area contributed by atoms with Crippen molar-refractivity contribution < 1.29 is 9.72 Å². The zero-order valence-corrected chi connectivity index (χ0v) is 16.0. The number of amides is 1. The molecule has 1 heterocycles. The van der Waals surface area contributed by atoms with E-state index in [1.165, 1.54) is 21.6 Å². The molecule has 0 saturated heterocycles. The Labute approximate surface area is 165 Å². The van der Waals surface area contributed by atoms with Crippen LogP contribution < -0.4 is 11.2 Å². The lowest BCUT2D eigenvalue weighted by Gasteiger charge is -2.25. The highest BCUT2D eigenvalue weighted by molar-refractivity contribution is 5.79. The highest BCUT2D eigenvalue weighted by Gasteiger charge is 2.19. The molecular weight excluding hydrogens is 376 g/mol. The van der Waals surface area contributed by atoms with Gasteiger partial charge in [-0.1, -0.05) is 24.3 Å². The van der Waals surface area contributed by atoms with Crippen LogP contribution in [0, 0.1) is 10.1 Å². The van der Waals surface area contributed by atoms with Crippen molar-refractivity contribution in [2.75, 3.05) is 7.05 Å². The Morgan fingerprint density at radius 1 is 1.21 bits per heavy atom. The minimum Gasteiger partial charge on any atom is -0.339 e. The van der Waals surface area contributed by atoms with E-state index in [9.17, 15) is 24.5 Å². The highest BCUT2D eigenvalue weighted by Crippen LogP contribution is 2.23. The third-order valence-corrected chi connectivity index (χ3v) is 4.99. The second-order valence-corrected chi connectivity index (χ2v) is 6.71. The molecule has 0 aliphatic carbocycles. The number of hydrogen-bond donors (Lipinski definition) is 1. The molecule has 9 nitrogen and oxygen atoms in total. The van der Waals surface area contributed by atoms with Crippen LogP contribution >= 0.6 is 0 Å². The van der Waals surface area contributed by atoms with Crippen LogP contribution in [0.25, 0.3) is 10.9 Å². The Balaban J connectivity index is 1.78. The van der Waals surface area contributed by atoms with Crippen molar-refractivity contribution in [1.29, 1.82) is 0 Å². The van der Waals surface area contributed by atoms with Crippen LogP contribution in [0.3, 0.4) is 0 Å². The van der Waals surface area contributed by atoms with E-state index in [4.69, 9.17) is 0 Å². The summed E-state index contributed by atoms with van der Waals surface area (Å²) in [5, 5.41) is 11.3. The maximum atomic E-state index is 12.7. The molecule has 9 heteroatoms. The number of non-ortho nitro benzene ring substituents is 1. The molecule has 0 saturated carbocycles. The summed E-state index contributed by atoms with van der Waals surface area (Å²) in [6.45, 7) is 1.87. The Morgan fingerprint density at radius 2 is 1.93 bits per heavy atom. The van der Waals surface area contributed by atoms with Gasteiger partial charge in [0.25, 0.3) is 11.2 Å². The first-order valence-electron chi connectivity index (χ1n) is 9.01. The molecule has 1 aromatic heterocycles. The number of rotatable bonds is 6. The first-order chi connectivity index (χ1) is 13.8. The van der Waals surface area contributed by atoms with Gasteiger partial charge in [-0.3, -0.25) is 29.3 Å². The fraction of sp³-hybridized carbons (Fsp3) is 0.250. The van der Waals surface area contributed by atoms with Crippen molar-refractivity contribution in [2.45, 2.75) is 25.9 Å². The number of aromatic amines is 1. The number of H-pyrrole nitrogens is 1. The summed E-state index contributed by atoms with van der Waals surface area (Å²) in [6.07, 6.45) is 0.0334. The summed E-state index contributed by atoms with van der Waals surface area (Å²) in [4.78, 5) is 51.0. The maximum absolute atomic E-state index is 12.7. The number of carbonyl (C=O) groups is 1. The largest absolute Gasteiger partial charge is 0.339 e. The normalized spacial score (nSPS) is 11.9. The molecule has 0 fully saturated rings. The van der Waals surface area contributed by atoms with Crippen LogP contribution in [-0.2, 0) is 11.3 Å². The number of para-hydroxylation sites is 1. The molecule has 2 aromatic carbocycles. The lowest BCUT2D eigenvalue weighted by atomic mass is 10.1. The standard InChI is InChI=1S/C20H20N4O5/c1-13(14-6-5-7-15(12-14)24(28)29)22(2)18(25)10-11-23-17-9-4-3-8-16(17)19(26)21-20(23)27/h3-9,12-13H,10-11H2,1-2H3,(H,21,26,27)/t13-/m0/s1. The van der Waals surface area contributed by atoms with Gasteiger partial charge in [0.15, 0.2) is 0 Å². The molecule has 0 aliphatic rings. The van der Waals surface area contributed by atoms with Crippen LogP contribution in [0.2, 0.25) is 0 Å². The Hall–Kier alpha value is -3.75. The second-order valence-electron chi connectivity index (χ2n) is 6.71. The molecular formula is C20H20N4O5. The van der Waals surface area contributed by atoms with Gasteiger partial charge in [0.1, 0.15) is 0 Å². The fourth-order valence-corrected chi connectivity index (χ4v) is 3.19.